The standard InChI is InChI=1S/3C2H4O.CH4/c3*1-2-3;/h3*2H,1H3;1H4/i1D3,2D;2D;1D3;. The Bertz CT molecular complexity index is 250. The van der Waals surface area contributed by atoms with E-state index in [9.17, 15) is 9.59 Å². The molecule has 0 unspecified atom stereocenters. The van der Waals surface area contributed by atoms with Crippen LogP contribution in [0.5, 0.6) is 0 Å². The number of hydrogen-bond donors (Lipinski definition) is 0. The number of aldehydes is 3. The van der Waals surface area contributed by atoms with E-state index in [4.69, 9.17) is 15.8 Å². The van der Waals surface area contributed by atoms with E-state index in [2.05, 4.69) is 0 Å². The SMILES string of the molecule is C.[2H]C(=O)C([2H])([2H])[2H].[2H]C(C)=O.[2H]C([2H])([2H])C=O. The van der Waals surface area contributed by atoms with Crippen molar-refractivity contribution in [2.75, 3.05) is 0 Å². The number of carbonyl (C=O) groups is 3. The summed E-state index contributed by atoms with van der Waals surface area (Å²) in [6.07, 6.45) is -2.15. The molecule has 10 heavy (non-hydrogen) atoms. The third kappa shape index (κ3) is 258. The molecule has 3 heteroatoms. The van der Waals surface area contributed by atoms with Crippen LogP contribution in [0.15, 0.2) is 0 Å². The molecule has 0 heterocycles. The molecule has 0 saturated carbocycles. The molecule has 0 amide bonds. The Labute approximate surface area is 73.7 Å². The van der Waals surface area contributed by atoms with E-state index in [1.54, 1.807) is 0 Å². The first-order valence-electron chi connectivity index (χ1n) is 5.68. The predicted molar refractivity (Wildman–Crippen MR) is 41.9 cm³/mol. The van der Waals surface area contributed by atoms with Gasteiger partial charge in [-0.1, -0.05) is 7.43 Å². The summed E-state index contributed by atoms with van der Waals surface area (Å²) >= 11 is 0. The van der Waals surface area contributed by atoms with Gasteiger partial charge in [-0.15, -0.1) is 0 Å². The van der Waals surface area contributed by atoms with Crippen molar-refractivity contribution in [3.8, 4) is 0 Å². The molecule has 3 nitrogen and oxygen atoms in total. The lowest BCUT2D eigenvalue weighted by molar-refractivity contribution is -0.106. The maximum absolute atomic E-state index is 9.57. The summed E-state index contributed by atoms with van der Waals surface area (Å²) in [5, 5.41) is 0. The Balaban J connectivity index is -0.0000000823. The second kappa shape index (κ2) is 97.4. The molecule has 0 atom stereocenters. The van der Waals surface area contributed by atoms with E-state index >= 15 is 0 Å². The van der Waals surface area contributed by atoms with Crippen LogP contribution in [0.1, 0.15) is 39.0 Å². The molecule has 0 saturated heterocycles. The molecule has 0 radical (unpaired) electrons. The maximum atomic E-state index is 9.57. The monoisotopic (exact) mass is 156 g/mol. The molecule has 0 bridgehead atoms. The van der Waals surface area contributed by atoms with Crippen molar-refractivity contribution in [2.45, 2.75) is 28.1 Å². The summed E-state index contributed by atoms with van der Waals surface area (Å²) in [6.45, 7) is -3.92. The maximum Gasteiger partial charge on any atom is 0.116 e. The largest absolute Gasteiger partial charge is 0.304 e. The number of carbonyl (C=O) groups excluding carboxylic acids is 3. The van der Waals surface area contributed by atoms with Crippen molar-refractivity contribution in [3.05, 3.63) is 0 Å². The van der Waals surface area contributed by atoms with Crippen LogP contribution in [0.2, 0.25) is 0 Å². The molecule has 0 rings (SSSR count). The van der Waals surface area contributed by atoms with Gasteiger partial charge in [-0.25, -0.2) is 0 Å². The van der Waals surface area contributed by atoms with Crippen LogP contribution in [-0.4, -0.2) is 18.8 Å². The van der Waals surface area contributed by atoms with Gasteiger partial charge in [0.05, 0.1) is 0 Å². The average molecular weight is 156 g/mol. The minimum absolute atomic E-state index is 0. The third-order valence-corrected chi connectivity index (χ3v) is 0. The van der Waals surface area contributed by atoms with Gasteiger partial charge < -0.3 is 14.4 Å². The minimum Gasteiger partial charge on any atom is -0.304 e. The third-order valence-electron chi connectivity index (χ3n) is 0. The normalized spacial score (nSPS) is 18.1. The van der Waals surface area contributed by atoms with Crippen LogP contribution < -0.4 is 0 Å². The average Bonchev–Trinajstić information content (AvgIpc) is 2.01. The van der Waals surface area contributed by atoms with Crippen LogP contribution in [0.4, 0.5) is 0 Å². The Kier molecular flexibility index (Phi) is 33.3. The Hall–Kier alpha value is -0.990. The van der Waals surface area contributed by atoms with Gasteiger partial charge in [0, 0.05) is 8.22 Å². The summed E-state index contributed by atoms with van der Waals surface area (Å²) in [7, 11) is 0. The predicted octanol–water partition coefficient (Wildman–Crippen LogP) is 1.25. The zero-order valence-electron chi connectivity index (χ0n) is 12.8. The van der Waals surface area contributed by atoms with Crippen LogP contribution in [0.25, 0.3) is 0 Å². The van der Waals surface area contributed by atoms with Gasteiger partial charge in [0.25, 0.3) is 0 Å². The van der Waals surface area contributed by atoms with Gasteiger partial charge in [0.1, 0.15) is 21.6 Å². The summed E-state index contributed by atoms with van der Waals surface area (Å²) in [5.41, 5.74) is 0. The summed E-state index contributed by atoms with van der Waals surface area (Å²) in [5.74, 6) is 0. The topological polar surface area (TPSA) is 51.2 Å². The molecule has 0 aliphatic heterocycles. The van der Waals surface area contributed by atoms with E-state index in [0.29, 0.717) is 0 Å². The van der Waals surface area contributed by atoms with E-state index in [-0.39, 0.29) is 13.7 Å². The highest BCUT2D eigenvalue weighted by Gasteiger charge is 1.25. The molecule has 0 aromatic rings. The summed E-state index contributed by atoms with van der Waals surface area (Å²) < 4.78 is 49.0. The molecule has 0 aliphatic rings. The first-order valence-corrected chi connectivity index (χ1v) is 1.68. The second-order valence-electron chi connectivity index (χ2n) is 0.424. The first kappa shape index (κ1) is 3.42. The zero-order valence-corrected chi connectivity index (χ0v) is 4.80. The van der Waals surface area contributed by atoms with Crippen LogP contribution in [0, 0.1) is 0 Å². The zero-order chi connectivity index (χ0) is 14.9. The molecular formula is C7H16O3. The molecular weight excluding hydrogens is 132 g/mol. The fourth-order valence-corrected chi connectivity index (χ4v) is 0. The molecule has 0 spiro atoms. The first-order chi connectivity index (χ1) is 7.24. The van der Waals surface area contributed by atoms with Crippen molar-refractivity contribution in [1.82, 2.24) is 0 Å². The highest BCUT2D eigenvalue weighted by atomic mass is 16.1. The Morgan fingerprint density at radius 3 is 1.40 bits per heavy atom. The molecule has 0 aromatic carbocycles. The van der Waals surface area contributed by atoms with E-state index in [1.807, 2.05) is 0 Å². The molecule has 0 fully saturated rings. The van der Waals surface area contributed by atoms with Crippen molar-refractivity contribution in [2.24, 2.45) is 0 Å². The molecule has 0 aliphatic carbocycles. The van der Waals surface area contributed by atoms with Crippen molar-refractivity contribution >= 4 is 18.8 Å². The van der Waals surface area contributed by atoms with Gasteiger partial charge >= 0.3 is 0 Å². The van der Waals surface area contributed by atoms with Crippen molar-refractivity contribution in [3.63, 3.8) is 0 Å². The molecule has 0 N–H and O–H groups in total. The fraction of sp³-hybridized carbons (Fsp3) is 0.571. The van der Waals surface area contributed by atoms with Gasteiger partial charge in [-0.3, -0.25) is 0 Å². The van der Waals surface area contributed by atoms with Gasteiger partial charge in [-0.05, 0) is 20.6 Å². The second-order valence-corrected chi connectivity index (χ2v) is 0.424. The van der Waals surface area contributed by atoms with E-state index in [1.165, 1.54) is 6.92 Å². The Morgan fingerprint density at radius 2 is 1.40 bits per heavy atom. The van der Waals surface area contributed by atoms with Crippen molar-refractivity contribution in [1.29, 1.82) is 0 Å². The lowest BCUT2D eigenvalue weighted by Crippen LogP contribution is -1.36. The quantitative estimate of drug-likeness (QED) is 0.496. The van der Waals surface area contributed by atoms with Crippen molar-refractivity contribution < 1.29 is 25.3 Å². The summed E-state index contributed by atoms with van der Waals surface area (Å²) in [6, 6.07) is 0. The van der Waals surface area contributed by atoms with Crippen LogP contribution >= 0.6 is 0 Å². The van der Waals surface area contributed by atoms with Gasteiger partial charge in [0.15, 0.2) is 0 Å². The van der Waals surface area contributed by atoms with Gasteiger partial charge in [-0.2, -0.15) is 0 Å². The lowest BCUT2D eigenvalue weighted by atomic mass is 11.0. The van der Waals surface area contributed by atoms with Gasteiger partial charge in [0.2, 0.25) is 0 Å². The molecule has 62 valence electrons. The van der Waals surface area contributed by atoms with Crippen LogP contribution in [0.3, 0.4) is 0 Å². The Morgan fingerprint density at radius 1 is 1.20 bits per heavy atom. The lowest BCUT2D eigenvalue weighted by Gasteiger charge is -1.24. The minimum atomic E-state index is -2.72. The summed E-state index contributed by atoms with van der Waals surface area (Å²) in [4.78, 5) is 27.9. The van der Waals surface area contributed by atoms with E-state index < -0.39 is 26.2 Å². The number of hydrogen-bond acceptors (Lipinski definition) is 3. The van der Waals surface area contributed by atoms with E-state index in [0.717, 1.165) is 0 Å². The molecule has 0 aromatic heterocycles. The highest BCUT2D eigenvalue weighted by molar-refractivity contribution is 5.44. The number of rotatable bonds is 0. The van der Waals surface area contributed by atoms with Crippen LogP contribution in [-0.2, 0) is 14.4 Å². The smallest absolute Gasteiger partial charge is 0.116 e. The fourth-order valence-electron chi connectivity index (χ4n) is 0. The highest BCUT2D eigenvalue weighted by Crippen LogP contribution is 1.13.